The van der Waals surface area contributed by atoms with Crippen LogP contribution in [0, 0.1) is 5.41 Å². The zero-order chi connectivity index (χ0) is 16.8. The third-order valence-electron chi connectivity index (χ3n) is 3.75. The molecule has 120 valence electrons. The molecule has 0 aliphatic heterocycles. The van der Waals surface area contributed by atoms with Crippen molar-refractivity contribution in [1.82, 2.24) is 0 Å². The monoisotopic (exact) mass is 317 g/mol. The second kappa shape index (κ2) is 7.47. The first kappa shape index (κ1) is 15.8. The Balaban J connectivity index is 1.79. The van der Waals surface area contributed by atoms with E-state index in [1.807, 2.05) is 78.9 Å². The van der Waals surface area contributed by atoms with Gasteiger partial charge in [0.15, 0.2) is 11.5 Å². The Kier molecular flexibility index (Phi) is 4.92. The molecule has 3 rings (SSSR count). The van der Waals surface area contributed by atoms with Crippen molar-refractivity contribution in [3.05, 3.63) is 95.6 Å². The van der Waals surface area contributed by atoms with Gasteiger partial charge in [0.2, 0.25) is 0 Å². The van der Waals surface area contributed by atoms with E-state index in [-0.39, 0.29) is 0 Å². The molecule has 0 saturated heterocycles. The molecule has 0 heterocycles. The zero-order valence-corrected chi connectivity index (χ0v) is 13.5. The molecular formula is C21H19NO2. The number of nitrogens with one attached hydrogen (secondary N) is 1. The van der Waals surface area contributed by atoms with Crippen molar-refractivity contribution < 1.29 is 9.47 Å². The van der Waals surface area contributed by atoms with Crippen molar-refractivity contribution >= 4 is 5.71 Å². The topological polar surface area (TPSA) is 42.3 Å². The molecular weight excluding hydrogens is 298 g/mol. The molecule has 0 radical (unpaired) electrons. The van der Waals surface area contributed by atoms with Crippen molar-refractivity contribution in [2.24, 2.45) is 0 Å². The van der Waals surface area contributed by atoms with Gasteiger partial charge in [0.25, 0.3) is 0 Å². The molecule has 0 atom stereocenters. The smallest absolute Gasteiger partial charge is 0.161 e. The molecule has 0 saturated carbocycles. The molecule has 0 aliphatic rings. The Hall–Kier alpha value is -3.07. The Morgan fingerprint density at radius 2 is 1.46 bits per heavy atom. The molecule has 0 spiro atoms. The number of ether oxygens (including phenoxy) is 2. The predicted molar refractivity (Wildman–Crippen MR) is 96.1 cm³/mol. The van der Waals surface area contributed by atoms with Crippen LogP contribution in [-0.2, 0) is 6.61 Å². The summed E-state index contributed by atoms with van der Waals surface area (Å²) in [4.78, 5) is 0. The van der Waals surface area contributed by atoms with Gasteiger partial charge in [-0.3, -0.25) is 5.41 Å². The minimum Gasteiger partial charge on any atom is -0.493 e. The fourth-order valence-corrected chi connectivity index (χ4v) is 2.45. The van der Waals surface area contributed by atoms with Gasteiger partial charge < -0.3 is 9.47 Å². The molecule has 1 N–H and O–H groups in total. The van der Waals surface area contributed by atoms with Crippen LogP contribution < -0.4 is 9.47 Å². The summed E-state index contributed by atoms with van der Waals surface area (Å²) in [7, 11) is 1.61. The summed E-state index contributed by atoms with van der Waals surface area (Å²) < 4.78 is 11.3. The summed E-state index contributed by atoms with van der Waals surface area (Å²) in [6, 6.07) is 25.2. The molecule has 3 nitrogen and oxygen atoms in total. The van der Waals surface area contributed by atoms with Gasteiger partial charge in [0, 0.05) is 5.56 Å². The molecule has 0 amide bonds. The van der Waals surface area contributed by atoms with E-state index in [0.717, 1.165) is 16.7 Å². The van der Waals surface area contributed by atoms with E-state index in [4.69, 9.17) is 14.9 Å². The molecule has 0 aliphatic carbocycles. The Morgan fingerprint density at radius 1 is 0.792 bits per heavy atom. The number of rotatable bonds is 6. The highest BCUT2D eigenvalue weighted by atomic mass is 16.5. The number of benzene rings is 3. The molecule has 0 fully saturated rings. The predicted octanol–water partition coefficient (Wildman–Crippen LogP) is 4.69. The molecule has 0 aromatic heterocycles. The first-order chi connectivity index (χ1) is 11.8. The third-order valence-corrected chi connectivity index (χ3v) is 3.75. The summed E-state index contributed by atoms with van der Waals surface area (Å²) in [6.07, 6.45) is 0. The molecule has 24 heavy (non-hydrogen) atoms. The minimum atomic E-state index is 0.462. The Bertz CT molecular complexity index is 814. The van der Waals surface area contributed by atoms with Crippen molar-refractivity contribution in [3.8, 4) is 11.5 Å². The lowest BCUT2D eigenvalue weighted by molar-refractivity contribution is 0.284. The van der Waals surface area contributed by atoms with Crippen LogP contribution >= 0.6 is 0 Å². The van der Waals surface area contributed by atoms with Gasteiger partial charge in [-0.05, 0) is 29.3 Å². The molecule has 3 aromatic rings. The maximum Gasteiger partial charge on any atom is 0.161 e. The number of hydrogen-bond acceptors (Lipinski definition) is 3. The Labute approximate surface area is 142 Å². The van der Waals surface area contributed by atoms with Crippen LogP contribution in [0.4, 0.5) is 0 Å². The van der Waals surface area contributed by atoms with Crippen LogP contribution in [0.15, 0.2) is 78.9 Å². The molecule has 3 heteroatoms. The normalized spacial score (nSPS) is 10.2. The van der Waals surface area contributed by atoms with E-state index < -0.39 is 0 Å². The maximum absolute atomic E-state index is 8.35. The second-order valence-corrected chi connectivity index (χ2v) is 5.38. The van der Waals surface area contributed by atoms with E-state index in [1.54, 1.807) is 7.11 Å². The van der Waals surface area contributed by atoms with Gasteiger partial charge in [-0.15, -0.1) is 0 Å². The van der Waals surface area contributed by atoms with Crippen LogP contribution in [0.1, 0.15) is 16.7 Å². The van der Waals surface area contributed by atoms with Gasteiger partial charge in [-0.2, -0.15) is 0 Å². The van der Waals surface area contributed by atoms with Crippen LogP contribution in [0.3, 0.4) is 0 Å². The highest BCUT2D eigenvalue weighted by Gasteiger charge is 2.10. The second-order valence-electron chi connectivity index (χ2n) is 5.38. The van der Waals surface area contributed by atoms with Crippen molar-refractivity contribution in [3.63, 3.8) is 0 Å². The lowest BCUT2D eigenvalue weighted by atomic mass is 10.0. The summed E-state index contributed by atoms with van der Waals surface area (Å²) in [5.74, 6) is 1.30. The highest BCUT2D eigenvalue weighted by Crippen LogP contribution is 2.29. The fourth-order valence-electron chi connectivity index (χ4n) is 2.45. The number of methoxy groups -OCH3 is 1. The first-order valence-electron chi connectivity index (χ1n) is 7.77. The SMILES string of the molecule is COc1cc(C(=N)c2ccccc2)ccc1OCc1ccccc1. The van der Waals surface area contributed by atoms with Crippen LogP contribution in [-0.4, -0.2) is 12.8 Å². The van der Waals surface area contributed by atoms with Gasteiger partial charge in [0.05, 0.1) is 12.8 Å². The highest BCUT2D eigenvalue weighted by molar-refractivity contribution is 6.11. The van der Waals surface area contributed by atoms with Crippen LogP contribution in [0.2, 0.25) is 0 Å². The molecule has 0 unspecified atom stereocenters. The van der Waals surface area contributed by atoms with Crippen LogP contribution in [0.25, 0.3) is 0 Å². The maximum atomic E-state index is 8.35. The summed E-state index contributed by atoms with van der Waals surface area (Å²) in [5, 5.41) is 8.35. The fraction of sp³-hybridized carbons (Fsp3) is 0.0952. The zero-order valence-electron chi connectivity index (χ0n) is 13.5. The average Bonchev–Trinajstić information content (AvgIpc) is 2.67. The summed E-state index contributed by atoms with van der Waals surface area (Å²) in [6.45, 7) is 0.479. The van der Waals surface area contributed by atoms with E-state index in [9.17, 15) is 0 Å². The summed E-state index contributed by atoms with van der Waals surface area (Å²) >= 11 is 0. The third kappa shape index (κ3) is 3.63. The lowest BCUT2D eigenvalue weighted by Crippen LogP contribution is -2.03. The Morgan fingerprint density at radius 3 is 2.12 bits per heavy atom. The number of hydrogen-bond donors (Lipinski definition) is 1. The summed E-state index contributed by atoms with van der Waals surface area (Å²) in [5.41, 5.74) is 3.23. The van der Waals surface area contributed by atoms with E-state index in [0.29, 0.717) is 23.8 Å². The van der Waals surface area contributed by atoms with Crippen molar-refractivity contribution in [2.75, 3.05) is 7.11 Å². The van der Waals surface area contributed by atoms with E-state index in [2.05, 4.69) is 0 Å². The first-order valence-corrected chi connectivity index (χ1v) is 7.77. The van der Waals surface area contributed by atoms with Gasteiger partial charge >= 0.3 is 0 Å². The quantitative estimate of drug-likeness (QED) is 0.670. The standard InChI is InChI=1S/C21H19NO2/c1-23-20-14-18(21(22)17-10-6-3-7-11-17)12-13-19(20)24-15-16-8-4-2-5-9-16/h2-14,22H,15H2,1H3. The molecule has 3 aromatic carbocycles. The van der Waals surface area contributed by atoms with Gasteiger partial charge in [0.1, 0.15) is 6.61 Å². The average molecular weight is 317 g/mol. The van der Waals surface area contributed by atoms with E-state index >= 15 is 0 Å². The van der Waals surface area contributed by atoms with Crippen molar-refractivity contribution in [2.45, 2.75) is 6.61 Å². The van der Waals surface area contributed by atoms with Crippen molar-refractivity contribution in [1.29, 1.82) is 5.41 Å². The minimum absolute atomic E-state index is 0.462. The van der Waals surface area contributed by atoms with E-state index in [1.165, 1.54) is 0 Å². The van der Waals surface area contributed by atoms with Gasteiger partial charge in [-0.1, -0.05) is 60.7 Å². The van der Waals surface area contributed by atoms with Crippen LogP contribution in [0.5, 0.6) is 11.5 Å². The lowest BCUT2D eigenvalue weighted by Gasteiger charge is -2.13. The molecule has 0 bridgehead atoms. The van der Waals surface area contributed by atoms with Gasteiger partial charge in [-0.25, -0.2) is 0 Å². The largest absolute Gasteiger partial charge is 0.493 e.